The van der Waals surface area contributed by atoms with Crippen molar-refractivity contribution in [2.24, 2.45) is 0 Å². The summed E-state index contributed by atoms with van der Waals surface area (Å²) < 4.78 is 12.7. The molecule has 0 aromatic rings. The summed E-state index contributed by atoms with van der Waals surface area (Å²) in [5, 5.41) is 0. The first-order valence-corrected chi connectivity index (χ1v) is 14.6. The zero-order chi connectivity index (χ0) is 26.4. The Labute approximate surface area is 217 Å². The molecular weight excluding hydrogens is 440 g/mol. The van der Waals surface area contributed by atoms with Gasteiger partial charge in [0, 0.05) is 12.8 Å². The van der Waals surface area contributed by atoms with Gasteiger partial charge in [-0.05, 0) is 38.5 Å². The predicted molar refractivity (Wildman–Crippen MR) is 146 cm³/mol. The molecule has 0 heterocycles. The van der Waals surface area contributed by atoms with Crippen LogP contribution in [0.1, 0.15) is 110 Å². The molecule has 0 rings (SSSR count). The fourth-order valence-electron chi connectivity index (χ4n) is 4.18. The third-order valence-corrected chi connectivity index (χ3v) is 6.92. The normalized spacial score (nSPS) is 12.1. The number of esters is 2. The van der Waals surface area contributed by atoms with Crippen molar-refractivity contribution in [3.8, 4) is 0 Å². The Kier molecular flexibility index (Phi) is 20.3. The van der Waals surface area contributed by atoms with Crippen LogP contribution < -0.4 is 0 Å². The van der Waals surface area contributed by atoms with E-state index in [4.69, 9.17) is 9.47 Å². The Balaban J connectivity index is 3.63. The highest BCUT2D eigenvalue weighted by Gasteiger charge is 2.16. The summed E-state index contributed by atoms with van der Waals surface area (Å²) >= 11 is 0. The molecule has 0 atom stereocenters. The van der Waals surface area contributed by atoms with Gasteiger partial charge in [0.05, 0.1) is 41.3 Å². The van der Waals surface area contributed by atoms with Crippen molar-refractivity contribution < 1.29 is 28.0 Å². The van der Waals surface area contributed by atoms with Crippen LogP contribution in [-0.4, -0.2) is 88.5 Å². The number of nitrogens with zero attached hydrogens (tertiary/aromatic N) is 2. The lowest BCUT2D eigenvalue weighted by Crippen LogP contribution is -2.43. The van der Waals surface area contributed by atoms with Crippen LogP contribution >= 0.6 is 0 Å². The number of hydrogen-bond donors (Lipinski definition) is 0. The fraction of sp³-hybridized carbons (Fsp3) is 0.931. The van der Waals surface area contributed by atoms with E-state index in [2.05, 4.69) is 42.0 Å². The number of hydrogen-bond acceptors (Lipinski definition) is 4. The van der Waals surface area contributed by atoms with E-state index >= 15 is 0 Å². The standard InChI is InChI=1S/C29H60N2O4/c1-7-9-11-18-22-30(3,4)24-26-34-28(32)20-16-14-13-15-17-21-29(33)35-27-25-31(5,6)23-19-12-10-8-2/h7-27H2,1-6H3/q+2. The third-order valence-electron chi connectivity index (χ3n) is 6.92. The predicted octanol–water partition coefficient (Wildman–Crippen LogP) is 6.12. The number of ether oxygens (including phenoxy) is 2. The summed E-state index contributed by atoms with van der Waals surface area (Å²) in [6.45, 7) is 9.52. The zero-order valence-corrected chi connectivity index (χ0v) is 24.4. The largest absolute Gasteiger partial charge is 0.460 e. The second-order valence-corrected chi connectivity index (χ2v) is 11.6. The van der Waals surface area contributed by atoms with Gasteiger partial charge in [0.2, 0.25) is 0 Å². The molecule has 0 aliphatic heterocycles. The molecule has 6 heteroatoms. The molecule has 0 amide bonds. The molecule has 0 saturated carbocycles. The topological polar surface area (TPSA) is 52.6 Å². The molecule has 0 fully saturated rings. The average molecular weight is 501 g/mol. The van der Waals surface area contributed by atoms with Crippen LogP contribution in [-0.2, 0) is 19.1 Å². The van der Waals surface area contributed by atoms with Crippen molar-refractivity contribution in [1.29, 1.82) is 0 Å². The molecule has 0 bridgehead atoms. The minimum absolute atomic E-state index is 0.0775. The number of unbranched alkanes of at least 4 members (excludes halogenated alkanes) is 10. The van der Waals surface area contributed by atoms with Gasteiger partial charge in [0.1, 0.15) is 26.3 Å². The van der Waals surface area contributed by atoms with E-state index in [1.165, 1.54) is 51.4 Å². The highest BCUT2D eigenvalue weighted by molar-refractivity contribution is 5.69. The SMILES string of the molecule is CCCCCC[N+](C)(C)CCOC(=O)CCCCCCCC(=O)OCC[N+](C)(C)CCCCCC. The summed E-state index contributed by atoms with van der Waals surface area (Å²) in [5.41, 5.74) is 0. The lowest BCUT2D eigenvalue weighted by Gasteiger charge is -2.29. The molecule has 0 radical (unpaired) electrons. The van der Waals surface area contributed by atoms with Crippen molar-refractivity contribution in [3.05, 3.63) is 0 Å². The molecule has 35 heavy (non-hydrogen) atoms. The van der Waals surface area contributed by atoms with Crippen LogP contribution in [0.5, 0.6) is 0 Å². The fourth-order valence-corrected chi connectivity index (χ4v) is 4.18. The lowest BCUT2D eigenvalue weighted by molar-refractivity contribution is -0.890. The van der Waals surface area contributed by atoms with Crippen LogP contribution in [0, 0.1) is 0 Å². The van der Waals surface area contributed by atoms with E-state index in [0.717, 1.165) is 67.2 Å². The van der Waals surface area contributed by atoms with Gasteiger partial charge >= 0.3 is 11.9 Å². The number of likely N-dealkylation sites (N-methyl/N-ethyl adjacent to an activating group) is 2. The van der Waals surface area contributed by atoms with E-state index in [1.54, 1.807) is 0 Å². The monoisotopic (exact) mass is 500 g/mol. The molecule has 0 spiro atoms. The first kappa shape index (κ1) is 33.9. The summed E-state index contributed by atoms with van der Waals surface area (Å²) in [6, 6.07) is 0. The second kappa shape index (κ2) is 21.0. The Morgan fingerprint density at radius 1 is 0.486 bits per heavy atom. The molecule has 208 valence electrons. The summed E-state index contributed by atoms with van der Waals surface area (Å²) in [6.07, 6.45) is 16.0. The maximum absolute atomic E-state index is 12.0. The molecule has 0 unspecified atom stereocenters. The Hall–Kier alpha value is -1.14. The maximum atomic E-state index is 12.0. The van der Waals surface area contributed by atoms with E-state index in [9.17, 15) is 9.59 Å². The van der Waals surface area contributed by atoms with E-state index < -0.39 is 0 Å². The van der Waals surface area contributed by atoms with Crippen LogP contribution in [0.2, 0.25) is 0 Å². The molecule has 0 aromatic heterocycles. The van der Waals surface area contributed by atoms with Gasteiger partial charge < -0.3 is 18.4 Å². The summed E-state index contributed by atoms with van der Waals surface area (Å²) in [4.78, 5) is 23.9. The van der Waals surface area contributed by atoms with Gasteiger partial charge in [-0.25, -0.2) is 0 Å². The zero-order valence-electron chi connectivity index (χ0n) is 24.4. The molecule has 0 saturated heterocycles. The van der Waals surface area contributed by atoms with Crippen LogP contribution in [0.4, 0.5) is 0 Å². The Bertz CT molecular complexity index is 489. The minimum Gasteiger partial charge on any atom is -0.460 e. The molecule has 0 N–H and O–H groups in total. The van der Waals surface area contributed by atoms with Crippen molar-refractivity contribution in [2.75, 3.05) is 67.6 Å². The number of carbonyl (C=O) groups is 2. The van der Waals surface area contributed by atoms with Gasteiger partial charge in [-0.1, -0.05) is 58.8 Å². The van der Waals surface area contributed by atoms with Crippen LogP contribution in [0.15, 0.2) is 0 Å². The van der Waals surface area contributed by atoms with E-state index in [0.29, 0.717) is 26.1 Å². The molecule has 0 aliphatic rings. The first-order valence-electron chi connectivity index (χ1n) is 14.6. The van der Waals surface area contributed by atoms with E-state index in [1.807, 2.05) is 0 Å². The number of quaternary nitrogens is 2. The number of rotatable bonds is 24. The molecular formula is C29H60N2O4+2. The Morgan fingerprint density at radius 3 is 1.20 bits per heavy atom. The van der Waals surface area contributed by atoms with Crippen molar-refractivity contribution in [3.63, 3.8) is 0 Å². The van der Waals surface area contributed by atoms with Crippen molar-refractivity contribution in [1.82, 2.24) is 0 Å². The van der Waals surface area contributed by atoms with Crippen LogP contribution in [0.3, 0.4) is 0 Å². The minimum atomic E-state index is -0.0775. The van der Waals surface area contributed by atoms with E-state index in [-0.39, 0.29) is 11.9 Å². The molecule has 0 aromatic carbocycles. The highest BCUT2D eigenvalue weighted by Crippen LogP contribution is 2.10. The third kappa shape index (κ3) is 23.0. The maximum Gasteiger partial charge on any atom is 0.305 e. The number of carbonyl (C=O) groups excluding carboxylic acids is 2. The van der Waals surface area contributed by atoms with Gasteiger partial charge in [-0.3, -0.25) is 9.59 Å². The first-order chi connectivity index (χ1) is 16.6. The van der Waals surface area contributed by atoms with Gasteiger partial charge in [-0.15, -0.1) is 0 Å². The smallest absolute Gasteiger partial charge is 0.305 e. The summed E-state index contributed by atoms with van der Waals surface area (Å²) in [5.74, 6) is -0.155. The van der Waals surface area contributed by atoms with Gasteiger partial charge in [0.25, 0.3) is 0 Å². The lowest BCUT2D eigenvalue weighted by atomic mass is 10.1. The van der Waals surface area contributed by atoms with Crippen LogP contribution in [0.25, 0.3) is 0 Å². The summed E-state index contributed by atoms with van der Waals surface area (Å²) in [7, 11) is 8.85. The molecule has 6 nitrogen and oxygen atoms in total. The quantitative estimate of drug-likeness (QED) is 0.0910. The van der Waals surface area contributed by atoms with Gasteiger partial charge in [0.15, 0.2) is 0 Å². The second-order valence-electron chi connectivity index (χ2n) is 11.6. The van der Waals surface area contributed by atoms with Crippen molar-refractivity contribution >= 4 is 11.9 Å². The highest BCUT2D eigenvalue weighted by atomic mass is 16.5. The Morgan fingerprint density at radius 2 is 0.829 bits per heavy atom. The van der Waals surface area contributed by atoms with Crippen molar-refractivity contribution in [2.45, 2.75) is 110 Å². The molecule has 0 aliphatic carbocycles. The average Bonchev–Trinajstić information content (AvgIpc) is 2.79. The van der Waals surface area contributed by atoms with Gasteiger partial charge in [-0.2, -0.15) is 0 Å².